The monoisotopic (exact) mass is 339 g/mol. The predicted octanol–water partition coefficient (Wildman–Crippen LogP) is 4.06. The Morgan fingerprint density at radius 3 is 2.72 bits per heavy atom. The van der Waals surface area contributed by atoms with Crippen LogP contribution >= 0.6 is 0 Å². The number of aryl methyl sites for hydroxylation is 1. The summed E-state index contributed by atoms with van der Waals surface area (Å²) in [5, 5.41) is 5.01. The summed E-state index contributed by atoms with van der Waals surface area (Å²) in [6.07, 6.45) is 6.49. The number of rotatable bonds is 3. The molecule has 0 bridgehead atoms. The number of pyridine rings is 1. The van der Waals surface area contributed by atoms with Crippen molar-refractivity contribution in [2.45, 2.75) is 64.8 Å². The van der Waals surface area contributed by atoms with Gasteiger partial charge in [-0.15, -0.1) is 0 Å². The number of aromatic nitrogens is 2. The first-order valence-corrected chi connectivity index (χ1v) is 9.58. The maximum absolute atomic E-state index is 13.5. The molecule has 0 N–H and O–H groups in total. The van der Waals surface area contributed by atoms with Gasteiger partial charge in [0.25, 0.3) is 11.6 Å². The van der Waals surface area contributed by atoms with E-state index in [2.05, 4.69) is 28.9 Å². The molecule has 1 unspecified atom stereocenters. The topological polar surface area (TPSA) is 59.2 Å². The van der Waals surface area contributed by atoms with Crippen molar-refractivity contribution in [3.8, 4) is 0 Å². The summed E-state index contributed by atoms with van der Waals surface area (Å²) in [6, 6.07) is 2.38. The van der Waals surface area contributed by atoms with Gasteiger partial charge < -0.3 is 9.42 Å². The molecular formula is C20H25N3O2. The first-order valence-electron chi connectivity index (χ1n) is 9.58. The molecule has 2 aromatic heterocycles. The quantitative estimate of drug-likeness (QED) is 0.846. The van der Waals surface area contributed by atoms with Crippen LogP contribution < -0.4 is 0 Å². The Kier molecular flexibility index (Phi) is 3.10. The number of nitrogens with zero attached hydrogens (tertiary/aromatic N) is 3. The fraction of sp³-hybridized carbons (Fsp3) is 0.650. The van der Waals surface area contributed by atoms with Gasteiger partial charge in [-0.2, -0.15) is 0 Å². The third-order valence-corrected chi connectivity index (χ3v) is 6.51. The van der Waals surface area contributed by atoms with Crippen LogP contribution in [-0.2, 0) is 0 Å². The van der Waals surface area contributed by atoms with Crippen molar-refractivity contribution < 1.29 is 9.32 Å². The fourth-order valence-corrected chi connectivity index (χ4v) is 5.01. The molecule has 2 saturated carbocycles. The predicted molar refractivity (Wildman–Crippen MR) is 94.5 cm³/mol. The van der Waals surface area contributed by atoms with E-state index >= 15 is 0 Å². The van der Waals surface area contributed by atoms with Crippen LogP contribution in [0.25, 0.3) is 11.1 Å². The van der Waals surface area contributed by atoms with Crippen LogP contribution in [0.1, 0.15) is 73.6 Å². The highest BCUT2D eigenvalue weighted by atomic mass is 16.5. The van der Waals surface area contributed by atoms with Gasteiger partial charge in [-0.1, -0.05) is 25.4 Å². The normalized spacial score (nSPS) is 24.6. The third kappa shape index (κ3) is 2.10. The highest BCUT2D eigenvalue weighted by Crippen LogP contribution is 2.60. The number of hydrogen-bond donors (Lipinski definition) is 0. The standard InChI is InChI=1S/C20H25N3O2/c1-11(2)16-15-14(9-12(3)21-18(15)25-22-16)19(24)23-10-20(7-4-8-20)17(23)13-5-6-13/h9,11,13,17H,4-8,10H2,1-3H3. The minimum Gasteiger partial charge on any atom is -0.335 e. The molecule has 1 aliphatic heterocycles. The summed E-state index contributed by atoms with van der Waals surface area (Å²) in [5.41, 5.74) is 3.31. The Hall–Kier alpha value is -1.91. The Labute approximate surface area is 147 Å². The summed E-state index contributed by atoms with van der Waals surface area (Å²) >= 11 is 0. The number of hydrogen-bond acceptors (Lipinski definition) is 4. The SMILES string of the molecule is Cc1cc(C(=O)N2CC3(CCC3)C2C2CC2)c2c(C(C)C)noc2n1. The smallest absolute Gasteiger partial charge is 0.259 e. The van der Waals surface area contributed by atoms with Gasteiger partial charge in [0.1, 0.15) is 0 Å². The Morgan fingerprint density at radius 2 is 2.12 bits per heavy atom. The molecule has 5 nitrogen and oxygen atoms in total. The molecule has 5 rings (SSSR count). The molecule has 132 valence electrons. The van der Waals surface area contributed by atoms with Crippen molar-refractivity contribution in [1.82, 2.24) is 15.0 Å². The Balaban J connectivity index is 1.56. The molecule has 1 spiro atoms. The molecule has 1 amide bonds. The van der Waals surface area contributed by atoms with E-state index in [4.69, 9.17) is 4.52 Å². The minimum atomic E-state index is 0.148. The van der Waals surface area contributed by atoms with Crippen molar-refractivity contribution in [2.24, 2.45) is 11.3 Å². The van der Waals surface area contributed by atoms with E-state index in [1.165, 1.54) is 32.1 Å². The molecule has 2 aliphatic carbocycles. The van der Waals surface area contributed by atoms with E-state index in [1.54, 1.807) is 0 Å². The van der Waals surface area contributed by atoms with Gasteiger partial charge in [0, 0.05) is 23.7 Å². The average Bonchev–Trinajstić information content (AvgIpc) is 3.20. The molecular weight excluding hydrogens is 314 g/mol. The largest absolute Gasteiger partial charge is 0.335 e. The lowest BCUT2D eigenvalue weighted by atomic mass is 9.56. The molecule has 3 heterocycles. The van der Waals surface area contributed by atoms with E-state index in [0.717, 1.165) is 34.8 Å². The van der Waals surface area contributed by atoms with Crippen LogP contribution in [0.5, 0.6) is 0 Å². The lowest BCUT2D eigenvalue weighted by Crippen LogP contribution is -2.69. The van der Waals surface area contributed by atoms with Gasteiger partial charge in [-0.05, 0) is 50.5 Å². The number of fused-ring (bicyclic) bond motifs is 1. The van der Waals surface area contributed by atoms with Crippen LogP contribution in [0, 0.1) is 18.3 Å². The number of carbonyl (C=O) groups excluding carboxylic acids is 1. The second kappa shape index (κ2) is 5.05. The number of amides is 1. The van der Waals surface area contributed by atoms with E-state index in [1.807, 2.05) is 13.0 Å². The van der Waals surface area contributed by atoms with Gasteiger partial charge >= 0.3 is 0 Å². The summed E-state index contributed by atoms with van der Waals surface area (Å²) in [4.78, 5) is 20.1. The van der Waals surface area contributed by atoms with Crippen LogP contribution in [0.15, 0.2) is 10.6 Å². The van der Waals surface area contributed by atoms with Gasteiger partial charge in [-0.3, -0.25) is 4.79 Å². The first kappa shape index (κ1) is 15.4. The molecule has 1 saturated heterocycles. The average molecular weight is 339 g/mol. The van der Waals surface area contributed by atoms with Gasteiger partial charge in [-0.25, -0.2) is 4.98 Å². The zero-order valence-corrected chi connectivity index (χ0v) is 15.2. The van der Waals surface area contributed by atoms with Crippen molar-refractivity contribution in [1.29, 1.82) is 0 Å². The molecule has 3 aliphatic rings. The second-order valence-electron chi connectivity index (χ2n) is 8.65. The van der Waals surface area contributed by atoms with Crippen LogP contribution in [-0.4, -0.2) is 33.5 Å². The molecule has 0 aromatic carbocycles. The van der Waals surface area contributed by atoms with E-state index in [-0.39, 0.29) is 11.8 Å². The van der Waals surface area contributed by atoms with Gasteiger partial charge in [0.15, 0.2) is 0 Å². The van der Waals surface area contributed by atoms with Crippen LogP contribution in [0.3, 0.4) is 0 Å². The second-order valence-corrected chi connectivity index (χ2v) is 8.65. The van der Waals surface area contributed by atoms with Crippen LogP contribution in [0.4, 0.5) is 0 Å². The van der Waals surface area contributed by atoms with Gasteiger partial charge in [0.05, 0.1) is 16.6 Å². The van der Waals surface area contributed by atoms with Crippen molar-refractivity contribution >= 4 is 17.0 Å². The first-order chi connectivity index (χ1) is 12.0. The van der Waals surface area contributed by atoms with Gasteiger partial charge in [0.2, 0.25) is 0 Å². The summed E-state index contributed by atoms with van der Waals surface area (Å²) in [7, 11) is 0. The maximum Gasteiger partial charge on any atom is 0.259 e. The van der Waals surface area contributed by atoms with E-state index < -0.39 is 0 Å². The lowest BCUT2D eigenvalue weighted by molar-refractivity contribution is -0.111. The minimum absolute atomic E-state index is 0.148. The summed E-state index contributed by atoms with van der Waals surface area (Å²) in [5.74, 6) is 1.07. The Morgan fingerprint density at radius 1 is 1.36 bits per heavy atom. The number of carbonyl (C=O) groups is 1. The third-order valence-electron chi connectivity index (χ3n) is 6.51. The zero-order valence-electron chi connectivity index (χ0n) is 15.2. The lowest BCUT2D eigenvalue weighted by Gasteiger charge is -2.63. The zero-order chi connectivity index (χ0) is 17.3. The molecule has 1 atom stereocenters. The van der Waals surface area contributed by atoms with Crippen molar-refractivity contribution in [3.63, 3.8) is 0 Å². The summed E-state index contributed by atoms with van der Waals surface area (Å²) < 4.78 is 5.44. The van der Waals surface area contributed by atoms with Crippen molar-refractivity contribution in [2.75, 3.05) is 6.54 Å². The highest BCUT2D eigenvalue weighted by molar-refractivity contribution is 6.06. The molecule has 5 heteroatoms. The molecule has 0 radical (unpaired) electrons. The van der Waals surface area contributed by atoms with Crippen molar-refractivity contribution in [3.05, 3.63) is 23.0 Å². The highest BCUT2D eigenvalue weighted by Gasteiger charge is 2.61. The maximum atomic E-state index is 13.5. The summed E-state index contributed by atoms with van der Waals surface area (Å²) in [6.45, 7) is 6.99. The van der Waals surface area contributed by atoms with Crippen LogP contribution in [0.2, 0.25) is 0 Å². The molecule has 2 aromatic rings. The Bertz CT molecular complexity index is 861. The molecule has 3 fully saturated rings. The van der Waals surface area contributed by atoms with E-state index in [0.29, 0.717) is 17.2 Å². The van der Waals surface area contributed by atoms with E-state index in [9.17, 15) is 4.79 Å². The fourth-order valence-electron chi connectivity index (χ4n) is 5.01. The number of likely N-dealkylation sites (tertiary alicyclic amines) is 1. The molecule has 25 heavy (non-hydrogen) atoms.